The third-order valence-corrected chi connectivity index (χ3v) is 2.74. The van der Waals surface area contributed by atoms with Gasteiger partial charge in [-0.2, -0.15) is 0 Å². The third-order valence-electron chi connectivity index (χ3n) is 2.74. The molecule has 0 aromatic carbocycles. The predicted octanol–water partition coefficient (Wildman–Crippen LogP) is 1.31. The van der Waals surface area contributed by atoms with Crippen molar-refractivity contribution in [3.8, 4) is 0 Å². The summed E-state index contributed by atoms with van der Waals surface area (Å²) < 4.78 is 0. The van der Waals surface area contributed by atoms with Crippen molar-refractivity contribution >= 4 is 5.91 Å². The molecule has 0 radical (unpaired) electrons. The number of aryl methyl sites for hydroxylation is 1. The Bertz CT molecular complexity index is 384. The molecule has 1 aromatic heterocycles. The van der Waals surface area contributed by atoms with Crippen molar-refractivity contribution in [3.05, 3.63) is 17.7 Å². The summed E-state index contributed by atoms with van der Waals surface area (Å²) in [5.74, 6) is 1.50. The lowest BCUT2D eigenvalue weighted by atomic mass is 10.0. The number of carbonyl (C=O) groups excluding carboxylic acids is 1. The molecule has 0 saturated heterocycles. The number of likely N-dealkylation sites (N-methyl/N-ethyl adjacent to an activating group) is 1. The molecule has 0 bridgehead atoms. The van der Waals surface area contributed by atoms with Gasteiger partial charge < -0.3 is 15.2 Å². The summed E-state index contributed by atoms with van der Waals surface area (Å²) >= 11 is 0. The summed E-state index contributed by atoms with van der Waals surface area (Å²) in [6.07, 6.45) is 2.64. The standard InChI is InChI=1S/C13H24N4O/c1-9(2)6-12(13(18)17(4)5)15-8-11-7-14-10(3)16-11/h7,9,12,15H,6,8H2,1-5H3,(H,14,16). The van der Waals surface area contributed by atoms with Crippen molar-refractivity contribution in [3.63, 3.8) is 0 Å². The largest absolute Gasteiger partial charge is 0.347 e. The van der Waals surface area contributed by atoms with Crippen LogP contribution in [-0.2, 0) is 11.3 Å². The maximum atomic E-state index is 12.0. The second-order valence-corrected chi connectivity index (χ2v) is 5.29. The van der Waals surface area contributed by atoms with Crippen LogP contribution in [0.3, 0.4) is 0 Å². The molecular formula is C13H24N4O. The summed E-state index contributed by atoms with van der Waals surface area (Å²) in [4.78, 5) is 21.0. The maximum absolute atomic E-state index is 12.0. The highest BCUT2D eigenvalue weighted by molar-refractivity contribution is 5.81. The third kappa shape index (κ3) is 4.49. The quantitative estimate of drug-likeness (QED) is 0.802. The molecule has 0 fully saturated rings. The summed E-state index contributed by atoms with van der Waals surface area (Å²) in [5.41, 5.74) is 1.01. The van der Waals surface area contributed by atoms with Gasteiger partial charge in [-0.1, -0.05) is 13.8 Å². The number of nitrogens with one attached hydrogen (secondary N) is 2. The smallest absolute Gasteiger partial charge is 0.239 e. The van der Waals surface area contributed by atoms with Crippen LogP contribution in [0.25, 0.3) is 0 Å². The van der Waals surface area contributed by atoms with Crippen molar-refractivity contribution in [1.82, 2.24) is 20.2 Å². The molecule has 0 spiro atoms. The summed E-state index contributed by atoms with van der Waals surface area (Å²) in [7, 11) is 3.58. The first-order chi connectivity index (χ1) is 8.40. The van der Waals surface area contributed by atoms with Gasteiger partial charge in [-0.3, -0.25) is 4.79 Å². The number of aromatic nitrogens is 2. The lowest BCUT2D eigenvalue weighted by Crippen LogP contribution is -2.44. The van der Waals surface area contributed by atoms with Crippen LogP contribution in [0.4, 0.5) is 0 Å². The van der Waals surface area contributed by atoms with Crippen molar-refractivity contribution in [2.45, 2.75) is 39.8 Å². The molecule has 1 atom stereocenters. The molecule has 102 valence electrons. The topological polar surface area (TPSA) is 61.0 Å². The van der Waals surface area contributed by atoms with E-state index in [-0.39, 0.29) is 11.9 Å². The Balaban J connectivity index is 2.58. The van der Waals surface area contributed by atoms with Gasteiger partial charge >= 0.3 is 0 Å². The van der Waals surface area contributed by atoms with E-state index >= 15 is 0 Å². The molecule has 0 aliphatic heterocycles. The minimum atomic E-state index is -0.136. The number of nitrogens with zero attached hydrogens (tertiary/aromatic N) is 2. The predicted molar refractivity (Wildman–Crippen MR) is 72.1 cm³/mol. The highest BCUT2D eigenvalue weighted by Crippen LogP contribution is 2.08. The van der Waals surface area contributed by atoms with E-state index in [0.717, 1.165) is 17.9 Å². The number of aromatic amines is 1. The lowest BCUT2D eigenvalue weighted by molar-refractivity contribution is -0.131. The van der Waals surface area contributed by atoms with Crippen LogP contribution >= 0.6 is 0 Å². The molecular weight excluding hydrogens is 228 g/mol. The summed E-state index contributed by atoms with van der Waals surface area (Å²) in [6, 6.07) is -0.136. The molecule has 1 unspecified atom stereocenters. The molecule has 5 heteroatoms. The van der Waals surface area contributed by atoms with Crippen molar-refractivity contribution < 1.29 is 4.79 Å². The normalized spacial score (nSPS) is 12.8. The fraction of sp³-hybridized carbons (Fsp3) is 0.692. The number of H-pyrrole nitrogens is 1. The molecule has 2 N–H and O–H groups in total. The van der Waals surface area contributed by atoms with E-state index in [4.69, 9.17) is 0 Å². The molecule has 0 aliphatic carbocycles. The summed E-state index contributed by atoms with van der Waals surface area (Å²) in [5, 5.41) is 3.30. The van der Waals surface area contributed by atoms with Crippen LogP contribution in [-0.4, -0.2) is 40.9 Å². The molecule has 1 heterocycles. The second-order valence-electron chi connectivity index (χ2n) is 5.29. The minimum Gasteiger partial charge on any atom is -0.347 e. The molecule has 0 saturated carbocycles. The SMILES string of the molecule is Cc1ncc(CNC(CC(C)C)C(=O)N(C)C)[nH]1. The van der Waals surface area contributed by atoms with Gasteiger partial charge in [0.2, 0.25) is 5.91 Å². The Hall–Kier alpha value is -1.36. The average Bonchev–Trinajstić information content (AvgIpc) is 2.68. The van der Waals surface area contributed by atoms with E-state index in [1.54, 1.807) is 25.2 Å². The Labute approximate surface area is 109 Å². The molecule has 1 aromatic rings. The zero-order valence-corrected chi connectivity index (χ0v) is 11.9. The van der Waals surface area contributed by atoms with Gasteiger partial charge in [0.15, 0.2) is 0 Å². The van der Waals surface area contributed by atoms with Gasteiger partial charge in [-0.05, 0) is 19.3 Å². The number of hydrogen-bond acceptors (Lipinski definition) is 3. The number of rotatable bonds is 6. The van der Waals surface area contributed by atoms with Gasteiger partial charge in [0.25, 0.3) is 0 Å². The second kappa shape index (κ2) is 6.54. The fourth-order valence-corrected chi connectivity index (χ4v) is 1.85. The van der Waals surface area contributed by atoms with E-state index in [1.165, 1.54) is 0 Å². The first kappa shape index (κ1) is 14.7. The van der Waals surface area contributed by atoms with Gasteiger partial charge in [-0.25, -0.2) is 4.98 Å². The zero-order valence-electron chi connectivity index (χ0n) is 11.9. The Kier molecular flexibility index (Phi) is 5.34. The number of carbonyl (C=O) groups is 1. The zero-order chi connectivity index (χ0) is 13.7. The van der Waals surface area contributed by atoms with Gasteiger partial charge in [-0.15, -0.1) is 0 Å². The fourth-order valence-electron chi connectivity index (χ4n) is 1.85. The van der Waals surface area contributed by atoms with Crippen LogP contribution in [0.5, 0.6) is 0 Å². The first-order valence-corrected chi connectivity index (χ1v) is 6.35. The van der Waals surface area contributed by atoms with E-state index < -0.39 is 0 Å². The van der Waals surface area contributed by atoms with E-state index in [2.05, 4.69) is 29.1 Å². The molecule has 1 amide bonds. The van der Waals surface area contributed by atoms with Crippen LogP contribution in [0.1, 0.15) is 31.8 Å². The molecule has 1 rings (SSSR count). The Morgan fingerprint density at radius 1 is 1.50 bits per heavy atom. The summed E-state index contributed by atoms with van der Waals surface area (Å²) in [6.45, 7) is 6.80. The van der Waals surface area contributed by atoms with Crippen LogP contribution in [0, 0.1) is 12.8 Å². The number of hydrogen-bond donors (Lipinski definition) is 2. The van der Waals surface area contributed by atoms with Crippen LogP contribution in [0.2, 0.25) is 0 Å². The first-order valence-electron chi connectivity index (χ1n) is 6.35. The van der Waals surface area contributed by atoms with E-state index in [9.17, 15) is 4.79 Å². The van der Waals surface area contributed by atoms with Gasteiger partial charge in [0.1, 0.15) is 5.82 Å². The average molecular weight is 252 g/mol. The maximum Gasteiger partial charge on any atom is 0.239 e. The molecule has 18 heavy (non-hydrogen) atoms. The lowest BCUT2D eigenvalue weighted by Gasteiger charge is -2.23. The van der Waals surface area contributed by atoms with Gasteiger partial charge in [0, 0.05) is 32.5 Å². The Morgan fingerprint density at radius 2 is 2.17 bits per heavy atom. The highest BCUT2D eigenvalue weighted by atomic mass is 16.2. The van der Waals surface area contributed by atoms with Crippen molar-refractivity contribution in [2.24, 2.45) is 5.92 Å². The van der Waals surface area contributed by atoms with Crippen molar-refractivity contribution in [1.29, 1.82) is 0 Å². The molecule has 0 aliphatic rings. The van der Waals surface area contributed by atoms with E-state index in [1.807, 2.05) is 6.92 Å². The van der Waals surface area contributed by atoms with Crippen LogP contribution < -0.4 is 5.32 Å². The van der Waals surface area contributed by atoms with Gasteiger partial charge in [0.05, 0.1) is 6.04 Å². The van der Waals surface area contributed by atoms with Crippen molar-refractivity contribution in [2.75, 3.05) is 14.1 Å². The number of amides is 1. The highest BCUT2D eigenvalue weighted by Gasteiger charge is 2.20. The Morgan fingerprint density at radius 3 is 2.61 bits per heavy atom. The van der Waals surface area contributed by atoms with Crippen LogP contribution in [0.15, 0.2) is 6.20 Å². The van der Waals surface area contributed by atoms with E-state index in [0.29, 0.717) is 12.5 Å². The monoisotopic (exact) mass is 252 g/mol. The minimum absolute atomic E-state index is 0.125. The number of imidazole rings is 1. The molecule has 5 nitrogen and oxygen atoms in total.